The SMILES string of the molecule is NC1CC2CCCC(C1)C2NC(=O)C1CC(=O)N(C2CCS(=O)(=O)C2)C1. The maximum absolute atomic E-state index is 12.8. The van der Waals surface area contributed by atoms with Crippen molar-refractivity contribution >= 4 is 21.7 Å². The number of rotatable bonds is 3. The van der Waals surface area contributed by atoms with E-state index < -0.39 is 9.84 Å². The van der Waals surface area contributed by atoms with Crippen LogP contribution in [0.1, 0.15) is 44.9 Å². The monoisotopic (exact) mass is 383 g/mol. The summed E-state index contributed by atoms with van der Waals surface area (Å²) in [5.41, 5.74) is 6.16. The van der Waals surface area contributed by atoms with E-state index in [1.807, 2.05) is 0 Å². The molecule has 0 aromatic rings. The summed E-state index contributed by atoms with van der Waals surface area (Å²) < 4.78 is 23.4. The number of amides is 2. The van der Waals surface area contributed by atoms with Gasteiger partial charge < -0.3 is 16.0 Å². The molecular formula is C18H29N3O4S. The minimum atomic E-state index is -3.04. The Morgan fingerprint density at radius 1 is 1.15 bits per heavy atom. The average Bonchev–Trinajstić information content (AvgIpc) is 3.10. The Balaban J connectivity index is 1.38. The molecule has 4 aliphatic rings. The van der Waals surface area contributed by atoms with Crippen LogP contribution in [0.25, 0.3) is 0 Å². The molecule has 4 fully saturated rings. The summed E-state index contributed by atoms with van der Waals surface area (Å²) in [7, 11) is -3.04. The summed E-state index contributed by atoms with van der Waals surface area (Å²) in [5.74, 6) is 0.602. The number of sulfone groups is 1. The highest BCUT2D eigenvalue weighted by Gasteiger charge is 2.44. The molecule has 4 atom stereocenters. The predicted molar refractivity (Wildman–Crippen MR) is 96.8 cm³/mol. The number of carbonyl (C=O) groups excluding carboxylic acids is 2. The molecule has 0 spiro atoms. The fourth-order valence-electron chi connectivity index (χ4n) is 5.59. The Kier molecular flexibility index (Phi) is 4.75. The second-order valence-corrected chi connectivity index (χ2v) is 10.9. The van der Waals surface area contributed by atoms with Gasteiger partial charge in [0, 0.05) is 31.1 Å². The highest BCUT2D eigenvalue weighted by Crippen LogP contribution is 2.40. The third-order valence-corrected chi connectivity index (χ3v) is 8.61. The van der Waals surface area contributed by atoms with Gasteiger partial charge in [-0.25, -0.2) is 8.42 Å². The molecule has 0 aromatic carbocycles. The first-order valence-corrected chi connectivity index (χ1v) is 11.7. The van der Waals surface area contributed by atoms with E-state index in [0.29, 0.717) is 24.8 Å². The molecule has 3 N–H and O–H groups in total. The molecule has 2 saturated heterocycles. The highest BCUT2D eigenvalue weighted by molar-refractivity contribution is 7.91. The molecule has 7 nitrogen and oxygen atoms in total. The number of hydrogen-bond donors (Lipinski definition) is 2. The van der Waals surface area contributed by atoms with Crippen LogP contribution in [0.3, 0.4) is 0 Å². The van der Waals surface area contributed by atoms with Gasteiger partial charge in [0.05, 0.1) is 17.4 Å². The van der Waals surface area contributed by atoms with Gasteiger partial charge in [-0.05, 0) is 43.9 Å². The summed E-state index contributed by atoms with van der Waals surface area (Å²) in [4.78, 5) is 26.8. The van der Waals surface area contributed by atoms with Crippen LogP contribution in [-0.4, -0.2) is 61.3 Å². The van der Waals surface area contributed by atoms with Crippen LogP contribution in [0.4, 0.5) is 0 Å². The number of nitrogens with one attached hydrogen (secondary N) is 1. The van der Waals surface area contributed by atoms with Gasteiger partial charge >= 0.3 is 0 Å². The van der Waals surface area contributed by atoms with E-state index in [9.17, 15) is 18.0 Å². The standard InChI is InChI=1S/C18H29N3O4S/c19-14-6-11-2-1-3-12(7-14)17(11)20-18(23)13-8-16(22)21(9-13)15-4-5-26(24,25)10-15/h11-15,17H,1-10,19H2,(H,20,23). The van der Waals surface area contributed by atoms with E-state index in [-0.39, 0.29) is 53.8 Å². The fourth-order valence-corrected chi connectivity index (χ4v) is 7.32. The fraction of sp³-hybridized carbons (Fsp3) is 0.889. The summed E-state index contributed by atoms with van der Waals surface area (Å²) in [6.07, 6.45) is 6.07. The molecule has 2 aliphatic carbocycles. The molecule has 4 rings (SSSR count). The van der Waals surface area contributed by atoms with Crippen LogP contribution in [0, 0.1) is 17.8 Å². The molecule has 0 aromatic heterocycles. The normalized spacial score (nSPS) is 42.0. The summed E-state index contributed by atoms with van der Waals surface area (Å²) >= 11 is 0. The van der Waals surface area contributed by atoms with Crippen LogP contribution in [0.2, 0.25) is 0 Å². The van der Waals surface area contributed by atoms with E-state index in [4.69, 9.17) is 5.73 Å². The van der Waals surface area contributed by atoms with Crippen molar-refractivity contribution in [3.63, 3.8) is 0 Å². The Bertz CT molecular complexity index is 681. The third kappa shape index (κ3) is 3.50. The smallest absolute Gasteiger partial charge is 0.225 e. The minimum Gasteiger partial charge on any atom is -0.353 e. The molecule has 8 heteroatoms. The predicted octanol–water partition coefficient (Wildman–Crippen LogP) is 0.0442. The Morgan fingerprint density at radius 2 is 1.85 bits per heavy atom. The van der Waals surface area contributed by atoms with E-state index in [1.54, 1.807) is 4.90 Å². The van der Waals surface area contributed by atoms with Gasteiger partial charge in [0.15, 0.2) is 9.84 Å². The van der Waals surface area contributed by atoms with Crippen molar-refractivity contribution in [2.24, 2.45) is 23.5 Å². The largest absolute Gasteiger partial charge is 0.353 e. The second-order valence-electron chi connectivity index (χ2n) is 8.72. The van der Waals surface area contributed by atoms with Crippen LogP contribution >= 0.6 is 0 Å². The molecule has 2 saturated carbocycles. The minimum absolute atomic E-state index is 0.0394. The number of carbonyl (C=O) groups is 2. The van der Waals surface area contributed by atoms with Crippen LogP contribution in [-0.2, 0) is 19.4 Å². The molecular weight excluding hydrogens is 354 g/mol. The van der Waals surface area contributed by atoms with Gasteiger partial charge in [0.1, 0.15) is 0 Å². The van der Waals surface area contributed by atoms with Crippen molar-refractivity contribution in [3.8, 4) is 0 Å². The maximum atomic E-state index is 12.8. The molecule has 2 heterocycles. The lowest BCUT2D eigenvalue weighted by atomic mass is 9.67. The maximum Gasteiger partial charge on any atom is 0.225 e. The Labute approximate surface area is 155 Å². The van der Waals surface area contributed by atoms with Crippen molar-refractivity contribution in [2.75, 3.05) is 18.1 Å². The zero-order valence-electron chi connectivity index (χ0n) is 15.1. The topological polar surface area (TPSA) is 110 Å². The summed E-state index contributed by atoms with van der Waals surface area (Å²) in [6, 6.07) is 0.177. The van der Waals surface area contributed by atoms with Crippen molar-refractivity contribution in [1.29, 1.82) is 0 Å². The first-order chi connectivity index (χ1) is 12.3. The van der Waals surface area contributed by atoms with Crippen molar-refractivity contribution < 1.29 is 18.0 Å². The van der Waals surface area contributed by atoms with Gasteiger partial charge in [-0.2, -0.15) is 0 Å². The van der Waals surface area contributed by atoms with Gasteiger partial charge in [-0.3, -0.25) is 9.59 Å². The quantitative estimate of drug-likeness (QED) is 0.715. The number of nitrogens with two attached hydrogens (primary N) is 1. The van der Waals surface area contributed by atoms with Crippen LogP contribution < -0.4 is 11.1 Å². The average molecular weight is 384 g/mol. The zero-order valence-corrected chi connectivity index (χ0v) is 15.9. The number of likely N-dealkylation sites (tertiary alicyclic amines) is 1. The Morgan fingerprint density at radius 3 is 2.46 bits per heavy atom. The molecule has 0 radical (unpaired) electrons. The van der Waals surface area contributed by atoms with E-state index in [2.05, 4.69) is 5.32 Å². The van der Waals surface area contributed by atoms with Crippen LogP contribution in [0.5, 0.6) is 0 Å². The van der Waals surface area contributed by atoms with E-state index in [1.165, 1.54) is 6.42 Å². The molecule has 26 heavy (non-hydrogen) atoms. The number of fused-ring (bicyclic) bond motifs is 2. The van der Waals surface area contributed by atoms with Gasteiger partial charge in [-0.15, -0.1) is 0 Å². The zero-order chi connectivity index (χ0) is 18.5. The molecule has 2 amide bonds. The molecule has 4 unspecified atom stereocenters. The Hall–Kier alpha value is -1.15. The van der Waals surface area contributed by atoms with Crippen molar-refractivity contribution in [1.82, 2.24) is 10.2 Å². The lowest BCUT2D eigenvalue weighted by Crippen LogP contribution is -2.55. The van der Waals surface area contributed by atoms with Gasteiger partial charge in [0.2, 0.25) is 11.8 Å². The van der Waals surface area contributed by atoms with Crippen LogP contribution in [0.15, 0.2) is 0 Å². The first-order valence-electron chi connectivity index (χ1n) is 9.88. The van der Waals surface area contributed by atoms with E-state index >= 15 is 0 Å². The lowest BCUT2D eigenvalue weighted by Gasteiger charge is -2.45. The summed E-state index contributed by atoms with van der Waals surface area (Å²) in [6.45, 7) is 0.354. The van der Waals surface area contributed by atoms with E-state index in [0.717, 1.165) is 25.7 Å². The lowest BCUT2D eigenvalue weighted by molar-refractivity contribution is -0.130. The highest BCUT2D eigenvalue weighted by atomic mass is 32.2. The first kappa shape index (κ1) is 18.2. The third-order valence-electron chi connectivity index (χ3n) is 6.86. The molecule has 2 aliphatic heterocycles. The van der Waals surface area contributed by atoms with Crippen molar-refractivity contribution in [3.05, 3.63) is 0 Å². The number of hydrogen-bond acceptors (Lipinski definition) is 5. The van der Waals surface area contributed by atoms with Gasteiger partial charge in [-0.1, -0.05) is 6.42 Å². The molecule has 146 valence electrons. The van der Waals surface area contributed by atoms with Gasteiger partial charge in [0.25, 0.3) is 0 Å². The second kappa shape index (κ2) is 6.78. The number of nitrogens with zero attached hydrogens (tertiary/aromatic N) is 1. The molecule has 2 bridgehead atoms. The van der Waals surface area contributed by atoms with Crippen molar-refractivity contribution in [2.45, 2.75) is 63.1 Å². The summed E-state index contributed by atoms with van der Waals surface area (Å²) in [5, 5.41) is 3.24.